The molecule has 1 saturated heterocycles. The van der Waals surface area contributed by atoms with Crippen LogP contribution in [0.15, 0.2) is 6.07 Å². The topological polar surface area (TPSA) is 66.2 Å². The summed E-state index contributed by atoms with van der Waals surface area (Å²) >= 11 is 5.73. The number of rotatable bonds is 3. The number of pyridine rings is 1. The van der Waals surface area contributed by atoms with Gasteiger partial charge in [0.2, 0.25) is 0 Å². The molecule has 2 heterocycles. The van der Waals surface area contributed by atoms with Crippen LogP contribution in [0.5, 0.6) is 0 Å². The summed E-state index contributed by atoms with van der Waals surface area (Å²) in [6.07, 6.45) is -3.86. The predicted octanol–water partition coefficient (Wildman–Crippen LogP) is 3.01. The van der Waals surface area contributed by atoms with Gasteiger partial charge in [-0.05, 0) is 18.4 Å². The molecule has 1 fully saturated rings. The van der Waals surface area contributed by atoms with E-state index in [0.29, 0.717) is 19.5 Å². The van der Waals surface area contributed by atoms with E-state index in [2.05, 4.69) is 9.72 Å². The largest absolute Gasteiger partial charge is 0.469 e. The molecule has 0 aromatic carbocycles. The molecule has 0 aliphatic carbocycles. The Balaban J connectivity index is 2.27. The number of ether oxygens (including phenoxy) is 1. The fraction of sp³-hybridized carbons (Fsp3) is 0.500. The molecular formula is C14H13ClF3N3O2. The van der Waals surface area contributed by atoms with Crippen LogP contribution in [0, 0.1) is 17.2 Å². The first-order valence-electron chi connectivity index (χ1n) is 6.75. The van der Waals surface area contributed by atoms with Crippen LogP contribution in [0.4, 0.5) is 19.0 Å². The number of nitriles is 1. The number of hydrogen-bond acceptors (Lipinski definition) is 5. The molecule has 0 spiro atoms. The van der Waals surface area contributed by atoms with Gasteiger partial charge in [-0.1, -0.05) is 11.6 Å². The zero-order valence-electron chi connectivity index (χ0n) is 12.2. The van der Waals surface area contributed by atoms with Crippen LogP contribution in [0.2, 0.25) is 5.15 Å². The Kier molecular flexibility index (Phi) is 5.00. The Morgan fingerprint density at radius 1 is 1.61 bits per heavy atom. The van der Waals surface area contributed by atoms with E-state index in [9.17, 15) is 18.0 Å². The van der Waals surface area contributed by atoms with Crippen molar-refractivity contribution in [1.82, 2.24) is 4.98 Å². The lowest BCUT2D eigenvalue weighted by Crippen LogP contribution is -2.23. The SMILES string of the molecule is COC(=O)CC1CCN(c2cc(C(F)(F)F)c(C#N)c(Cl)n2)C1. The summed E-state index contributed by atoms with van der Waals surface area (Å²) < 4.78 is 43.8. The van der Waals surface area contributed by atoms with Gasteiger partial charge in [0.1, 0.15) is 22.6 Å². The highest BCUT2D eigenvalue weighted by atomic mass is 35.5. The second kappa shape index (κ2) is 6.62. The number of alkyl halides is 3. The summed E-state index contributed by atoms with van der Waals surface area (Å²) in [5.41, 5.74) is -1.79. The molecule has 0 N–H and O–H groups in total. The van der Waals surface area contributed by atoms with E-state index >= 15 is 0 Å². The lowest BCUT2D eigenvalue weighted by atomic mass is 10.1. The van der Waals surface area contributed by atoms with Crippen molar-refractivity contribution in [3.8, 4) is 6.07 Å². The maximum atomic E-state index is 13.1. The maximum absolute atomic E-state index is 13.1. The molecule has 0 amide bonds. The highest BCUT2D eigenvalue weighted by Crippen LogP contribution is 2.37. The minimum atomic E-state index is -4.70. The minimum Gasteiger partial charge on any atom is -0.469 e. The molecule has 1 aromatic heterocycles. The molecule has 0 radical (unpaired) electrons. The number of carbonyl (C=O) groups is 1. The standard InChI is InChI=1S/C14H13ClF3N3O2/c1-23-12(22)4-8-2-3-21(7-8)11-5-10(14(16,17)18)9(6-19)13(15)20-11/h5,8H,2-4,7H2,1H3. The van der Waals surface area contributed by atoms with Gasteiger partial charge in [-0.15, -0.1) is 0 Å². The molecule has 124 valence electrons. The first-order valence-corrected chi connectivity index (χ1v) is 7.13. The van der Waals surface area contributed by atoms with Crippen molar-refractivity contribution in [2.24, 2.45) is 5.92 Å². The van der Waals surface area contributed by atoms with Crippen LogP contribution in [0.1, 0.15) is 24.0 Å². The third-order valence-corrected chi connectivity index (χ3v) is 3.95. The van der Waals surface area contributed by atoms with E-state index in [1.165, 1.54) is 13.2 Å². The van der Waals surface area contributed by atoms with Crippen molar-refractivity contribution >= 4 is 23.4 Å². The Bertz CT molecular complexity index is 658. The number of esters is 1. The Labute approximate surface area is 135 Å². The molecule has 1 unspecified atom stereocenters. The molecule has 0 saturated carbocycles. The minimum absolute atomic E-state index is 0.0204. The van der Waals surface area contributed by atoms with Crippen molar-refractivity contribution < 1.29 is 22.7 Å². The van der Waals surface area contributed by atoms with Gasteiger partial charge in [-0.3, -0.25) is 4.79 Å². The second-order valence-corrected chi connectivity index (χ2v) is 5.54. The highest BCUT2D eigenvalue weighted by molar-refractivity contribution is 6.30. The number of aromatic nitrogens is 1. The summed E-state index contributed by atoms with van der Waals surface area (Å²) in [6.45, 7) is 0.829. The van der Waals surface area contributed by atoms with Crippen LogP contribution in [-0.4, -0.2) is 31.2 Å². The first-order chi connectivity index (χ1) is 10.8. The van der Waals surface area contributed by atoms with Crippen LogP contribution < -0.4 is 4.90 Å². The maximum Gasteiger partial charge on any atom is 0.417 e. The average Bonchev–Trinajstić information content (AvgIpc) is 2.93. The van der Waals surface area contributed by atoms with Crippen LogP contribution in [0.25, 0.3) is 0 Å². The summed E-state index contributed by atoms with van der Waals surface area (Å²) in [5.74, 6) is -0.333. The van der Waals surface area contributed by atoms with Crippen molar-refractivity contribution in [1.29, 1.82) is 5.26 Å². The summed E-state index contributed by atoms with van der Waals surface area (Å²) in [7, 11) is 1.28. The highest BCUT2D eigenvalue weighted by Gasteiger charge is 2.37. The number of methoxy groups -OCH3 is 1. The third-order valence-electron chi connectivity index (χ3n) is 3.67. The number of hydrogen-bond donors (Lipinski definition) is 0. The van der Waals surface area contributed by atoms with Crippen molar-refractivity contribution in [3.05, 3.63) is 22.3 Å². The predicted molar refractivity (Wildman–Crippen MR) is 75.9 cm³/mol. The van der Waals surface area contributed by atoms with E-state index in [4.69, 9.17) is 16.9 Å². The van der Waals surface area contributed by atoms with Gasteiger partial charge < -0.3 is 9.64 Å². The van der Waals surface area contributed by atoms with E-state index in [1.807, 2.05) is 0 Å². The molecule has 9 heteroatoms. The second-order valence-electron chi connectivity index (χ2n) is 5.18. The van der Waals surface area contributed by atoms with Gasteiger partial charge in [-0.2, -0.15) is 18.4 Å². The molecule has 0 bridgehead atoms. The van der Waals surface area contributed by atoms with E-state index in [0.717, 1.165) is 6.07 Å². The lowest BCUT2D eigenvalue weighted by Gasteiger charge is -2.20. The van der Waals surface area contributed by atoms with Gasteiger partial charge >= 0.3 is 12.1 Å². The summed E-state index contributed by atoms with van der Waals surface area (Å²) in [4.78, 5) is 16.8. The van der Waals surface area contributed by atoms with Gasteiger partial charge in [0.05, 0.1) is 19.1 Å². The van der Waals surface area contributed by atoms with E-state index in [1.54, 1.807) is 4.90 Å². The van der Waals surface area contributed by atoms with Gasteiger partial charge in [0.25, 0.3) is 0 Å². The number of nitrogens with zero attached hydrogens (tertiary/aromatic N) is 3. The molecule has 1 aliphatic rings. The van der Waals surface area contributed by atoms with Gasteiger partial charge in [0, 0.05) is 13.1 Å². The summed E-state index contributed by atoms with van der Waals surface area (Å²) in [6, 6.07) is 2.26. The fourth-order valence-electron chi connectivity index (χ4n) is 2.52. The van der Waals surface area contributed by atoms with Crippen LogP contribution >= 0.6 is 11.6 Å². The Morgan fingerprint density at radius 2 is 2.30 bits per heavy atom. The lowest BCUT2D eigenvalue weighted by molar-refractivity contribution is -0.141. The number of carbonyl (C=O) groups excluding carboxylic acids is 1. The smallest absolute Gasteiger partial charge is 0.417 e. The average molecular weight is 348 g/mol. The molecule has 2 rings (SSSR count). The van der Waals surface area contributed by atoms with Gasteiger partial charge in [-0.25, -0.2) is 4.98 Å². The quantitative estimate of drug-likeness (QED) is 0.621. The van der Waals surface area contributed by atoms with Crippen molar-refractivity contribution in [3.63, 3.8) is 0 Å². The number of anilines is 1. The van der Waals surface area contributed by atoms with E-state index < -0.39 is 22.5 Å². The zero-order chi connectivity index (χ0) is 17.2. The molecule has 1 atom stereocenters. The Hall–Kier alpha value is -2.01. The van der Waals surface area contributed by atoms with E-state index in [-0.39, 0.29) is 24.1 Å². The monoisotopic (exact) mass is 347 g/mol. The van der Waals surface area contributed by atoms with Gasteiger partial charge in [0.15, 0.2) is 0 Å². The Morgan fingerprint density at radius 3 is 2.87 bits per heavy atom. The number of halogens is 4. The first kappa shape index (κ1) is 17.3. The zero-order valence-corrected chi connectivity index (χ0v) is 12.9. The fourth-order valence-corrected chi connectivity index (χ4v) is 2.75. The third kappa shape index (κ3) is 3.85. The molecule has 5 nitrogen and oxygen atoms in total. The van der Waals surface area contributed by atoms with Crippen LogP contribution in [-0.2, 0) is 15.7 Å². The van der Waals surface area contributed by atoms with Crippen LogP contribution in [0.3, 0.4) is 0 Å². The molecular weight excluding hydrogens is 335 g/mol. The summed E-state index contributed by atoms with van der Waals surface area (Å²) in [5, 5.41) is 8.37. The van der Waals surface area contributed by atoms with Crippen molar-refractivity contribution in [2.75, 3.05) is 25.1 Å². The molecule has 1 aromatic rings. The van der Waals surface area contributed by atoms with Crippen molar-refractivity contribution in [2.45, 2.75) is 19.0 Å². The molecule has 23 heavy (non-hydrogen) atoms. The molecule has 1 aliphatic heterocycles. The normalized spacial score (nSPS) is 17.9.